The maximum Gasteiger partial charge on any atom is 0.276 e. The molecule has 2 aromatic rings. The Bertz CT molecular complexity index is 598. The fraction of sp³-hybridized carbons (Fsp3) is 0.375. The summed E-state index contributed by atoms with van der Waals surface area (Å²) in [4.78, 5) is 14.1. The first-order valence-electron chi connectivity index (χ1n) is 6.96. The second-order valence-corrected chi connectivity index (χ2v) is 5.59. The molecule has 0 spiro atoms. The highest BCUT2D eigenvalue weighted by molar-refractivity contribution is 5.93. The van der Waals surface area contributed by atoms with Crippen LogP contribution in [0, 0.1) is 0 Å². The number of rotatable bonds is 3. The molecule has 0 radical (unpaired) electrons. The molecule has 0 aliphatic carbocycles. The molecule has 1 aromatic heterocycles. The van der Waals surface area contributed by atoms with Crippen LogP contribution < -0.4 is 0 Å². The summed E-state index contributed by atoms with van der Waals surface area (Å²) in [7, 11) is 0. The average molecular weight is 270 g/mol. The van der Waals surface area contributed by atoms with E-state index in [0.717, 1.165) is 18.8 Å². The predicted octanol–water partition coefficient (Wildman–Crippen LogP) is 3.04. The van der Waals surface area contributed by atoms with Gasteiger partial charge in [-0.15, -0.1) is 0 Å². The van der Waals surface area contributed by atoms with E-state index in [-0.39, 0.29) is 11.8 Å². The second kappa shape index (κ2) is 5.12. The lowest BCUT2D eigenvalue weighted by atomic mass is 9.91. The highest BCUT2D eigenvalue weighted by Crippen LogP contribution is 2.28. The molecule has 1 fully saturated rings. The molecule has 3 rings (SSSR count). The van der Waals surface area contributed by atoms with Gasteiger partial charge in [-0.3, -0.25) is 4.79 Å². The van der Waals surface area contributed by atoms with E-state index in [0.29, 0.717) is 11.6 Å². The van der Waals surface area contributed by atoms with E-state index in [4.69, 9.17) is 4.52 Å². The van der Waals surface area contributed by atoms with Crippen LogP contribution in [0.3, 0.4) is 0 Å². The van der Waals surface area contributed by atoms with Crippen molar-refractivity contribution in [2.45, 2.75) is 25.7 Å². The SMILES string of the molecule is CC(C)c1cc(C(=O)N2CC(c3ccccc3)C2)no1. The van der Waals surface area contributed by atoms with E-state index < -0.39 is 0 Å². The monoisotopic (exact) mass is 270 g/mol. The van der Waals surface area contributed by atoms with Gasteiger partial charge in [0.05, 0.1) is 0 Å². The van der Waals surface area contributed by atoms with E-state index in [1.165, 1.54) is 5.56 Å². The number of carbonyl (C=O) groups excluding carboxylic acids is 1. The topological polar surface area (TPSA) is 46.3 Å². The number of amides is 1. The average Bonchev–Trinajstić information content (AvgIpc) is 2.88. The minimum Gasteiger partial charge on any atom is -0.360 e. The summed E-state index contributed by atoms with van der Waals surface area (Å²) in [6.07, 6.45) is 0. The van der Waals surface area contributed by atoms with E-state index in [2.05, 4.69) is 17.3 Å². The Labute approximate surface area is 118 Å². The molecule has 20 heavy (non-hydrogen) atoms. The Hall–Kier alpha value is -2.10. The van der Waals surface area contributed by atoms with Crippen molar-refractivity contribution >= 4 is 5.91 Å². The van der Waals surface area contributed by atoms with E-state index in [9.17, 15) is 4.79 Å². The number of carbonyl (C=O) groups is 1. The maximum atomic E-state index is 12.2. The van der Waals surface area contributed by atoms with Crippen LogP contribution in [0.25, 0.3) is 0 Å². The summed E-state index contributed by atoms with van der Waals surface area (Å²) in [5.74, 6) is 1.41. The zero-order chi connectivity index (χ0) is 14.1. The second-order valence-electron chi connectivity index (χ2n) is 5.59. The van der Waals surface area contributed by atoms with Gasteiger partial charge in [-0.05, 0) is 5.56 Å². The highest BCUT2D eigenvalue weighted by atomic mass is 16.5. The first-order chi connectivity index (χ1) is 9.65. The van der Waals surface area contributed by atoms with E-state index in [1.54, 1.807) is 6.07 Å². The first kappa shape index (κ1) is 12.9. The van der Waals surface area contributed by atoms with Crippen molar-refractivity contribution < 1.29 is 9.32 Å². The van der Waals surface area contributed by atoms with Crippen LogP contribution in [0.2, 0.25) is 0 Å². The molecule has 1 aliphatic heterocycles. The molecule has 1 saturated heterocycles. The van der Waals surface area contributed by atoms with Gasteiger partial charge in [-0.2, -0.15) is 0 Å². The molecule has 1 aromatic carbocycles. The van der Waals surface area contributed by atoms with Gasteiger partial charge in [0.1, 0.15) is 5.76 Å². The van der Waals surface area contributed by atoms with E-state index >= 15 is 0 Å². The molecule has 0 atom stereocenters. The Morgan fingerprint density at radius 1 is 1.30 bits per heavy atom. The predicted molar refractivity (Wildman–Crippen MR) is 75.7 cm³/mol. The van der Waals surface area contributed by atoms with Gasteiger partial charge in [0.15, 0.2) is 5.69 Å². The number of benzene rings is 1. The third-order valence-corrected chi connectivity index (χ3v) is 3.76. The van der Waals surface area contributed by atoms with Gasteiger partial charge in [0.2, 0.25) is 0 Å². The van der Waals surface area contributed by atoms with Crippen LogP contribution in [0.4, 0.5) is 0 Å². The minimum absolute atomic E-state index is 0.0344. The third kappa shape index (κ3) is 2.33. The van der Waals surface area contributed by atoms with Gasteiger partial charge in [0, 0.05) is 31.0 Å². The van der Waals surface area contributed by atoms with Crippen LogP contribution in [0.5, 0.6) is 0 Å². The normalized spacial score (nSPS) is 15.4. The summed E-state index contributed by atoms with van der Waals surface area (Å²) in [6, 6.07) is 12.0. The molecule has 0 bridgehead atoms. The Kier molecular flexibility index (Phi) is 3.30. The van der Waals surface area contributed by atoms with Crippen molar-refractivity contribution in [3.8, 4) is 0 Å². The Balaban J connectivity index is 1.63. The molecule has 0 saturated carbocycles. The molecule has 4 nitrogen and oxygen atoms in total. The van der Waals surface area contributed by atoms with Crippen molar-refractivity contribution in [3.05, 3.63) is 53.4 Å². The lowest BCUT2D eigenvalue weighted by Gasteiger charge is -2.39. The van der Waals surface area contributed by atoms with Crippen molar-refractivity contribution in [2.24, 2.45) is 0 Å². The number of nitrogens with zero attached hydrogens (tertiary/aromatic N) is 2. The number of hydrogen-bond acceptors (Lipinski definition) is 3. The van der Waals surface area contributed by atoms with Crippen LogP contribution in [0.1, 0.15) is 47.5 Å². The molecule has 4 heteroatoms. The van der Waals surface area contributed by atoms with Gasteiger partial charge >= 0.3 is 0 Å². The summed E-state index contributed by atoms with van der Waals surface area (Å²) >= 11 is 0. The van der Waals surface area contributed by atoms with Crippen LogP contribution in [-0.4, -0.2) is 29.1 Å². The molecule has 0 N–H and O–H groups in total. The lowest BCUT2D eigenvalue weighted by Crippen LogP contribution is -2.48. The highest BCUT2D eigenvalue weighted by Gasteiger charge is 2.33. The number of aromatic nitrogens is 1. The quantitative estimate of drug-likeness (QED) is 0.861. The van der Waals surface area contributed by atoms with Crippen molar-refractivity contribution in [1.29, 1.82) is 0 Å². The fourth-order valence-electron chi connectivity index (χ4n) is 2.40. The van der Waals surface area contributed by atoms with Crippen LogP contribution in [-0.2, 0) is 0 Å². The smallest absolute Gasteiger partial charge is 0.276 e. The van der Waals surface area contributed by atoms with Gasteiger partial charge in [-0.1, -0.05) is 49.3 Å². The van der Waals surface area contributed by atoms with Crippen molar-refractivity contribution in [1.82, 2.24) is 10.1 Å². The molecule has 0 unspecified atom stereocenters. The summed E-state index contributed by atoms with van der Waals surface area (Å²) < 4.78 is 5.18. The summed E-state index contributed by atoms with van der Waals surface area (Å²) in [6.45, 7) is 5.55. The lowest BCUT2D eigenvalue weighted by molar-refractivity contribution is 0.0591. The summed E-state index contributed by atoms with van der Waals surface area (Å²) in [5, 5.41) is 3.87. The van der Waals surface area contributed by atoms with Gasteiger partial charge < -0.3 is 9.42 Å². The largest absolute Gasteiger partial charge is 0.360 e. The Morgan fingerprint density at radius 2 is 2.00 bits per heavy atom. The van der Waals surface area contributed by atoms with Crippen molar-refractivity contribution in [2.75, 3.05) is 13.1 Å². The van der Waals surface area contributed by atoms with Crippen molar-refractivity contribution in [3.63, 3.8) is 0 Å². The standard InChI is InChI=1S/C16H18N2O2/c1-11(2)15-8-14(17-20-15)16(19)18-9-13(10-18)12-6-4-3-5-7-12/h3-8,11,13H,9-10H2,1-2H3. The minimum atomic E-state index is -0.0344. The summed E-state index contributed by atoms with van der Waals surface area (Å²) in [5.41, 5.74) is 1.71. The molecule has 1 aliphatic rings. The molecule has 104 valence electrons. The van der Waals surface area contributed by atoms with E-state index in [1.807, 2.05) is 36.9 Å². The molecular weight excluding hydrogens is 252 g/mol. The van der Waals surface area contributed by atoms with Crippen LogP contribution >= 0.6 is 0 Å². The zero-order valence-corrected chi connectivity index (χ0v) is 11.7. The zero-order valence-electron chi connectivity index (χ0n) is 11.7. The first-order valence-corrected chi connectivity index (χ1v) is 6.96. The Morgan fingerprint density at radius 3 is 2.60 bits per heavy atom. The molecule has 2 heterocycles. The fourth-order valence-corrected chi connectivity index (χ4v) is 2.40. The van der Waals surface area contributed by atoms with Gasteiger partial charge in [-0.25, -0.2) is 0 Å². The van der Waals surface area contributed by atoms with Crippen LogP contribution in [0.15, 0.2) is 40.9 Å². The number of likely N-dealkylation sites (tertiary alicyclic amines) is 1. The third-order valence-electron chi connectivity index (χ3n) is 3.76. The molecular formula is C16H18N2O2. The maximum absolute atomic E-state index is 12.2. The number of hydrogen-bond donors (Lipinski definition) is 0. The van der Waals surface area contributed by atoms with Gasteiger partial charge in [0.25, 0.3) is 5.91 Å². The molecule has 1 amide bonds.